The lowest BCUT2D eigenvalue weighted by Gasteiger charge is -2.13. The molecule has 1 fully saturated rings. The van der Waals surface area contributed by atoms with Crippen LogP contribution in [-0.4, -0.2) is 55.8 Å². The van der Waals surface area contributed by atoms with Crippen LogP contribution in [0, 0.1) is 6.92 Å². The van der Waals surface area contributed by atoms with Crippen LogP contribution in [0.15, 0.2) is 36.4 Å². The van der Waals surface area contributed by atoms with Gasteiger partial charge in [-0.05, 0) is 18.6 Å². The maximum Gasteiger partial charge on any atom is 0.249 e. The van der Waals surface area contributed by atoms with E-state index < -0.39 is 9.84 Å². The van der Waals surface area contributed by atoms with Gasteiger partial charge >= 0.3 is 0 Å². The average molecular weight is 401 g/mol. The molecule has 1 aromatic carbocycles. The normalized spacial score (nSPS) is 18.2. The molecule has 1 aliphatic heterocycles. The Morgan fingerprint density at radius 1 is 1.25 bits per heavy atom. The molecule has 1 unspecified atom stereocenters. The number of hydrogen-bond donors (Lipinski definition) is 1. The number of benzene rings is 1. The lowest BCUT2D eigenvalue weighted by molar-refractivity contribution is -0.117. The van der Waals surface area contributed by atoms with Crippen molar-refractivity contribution in [1.82, 2.24) is 30.0 Å². The number of nitrogens with zero attached hydrogens (tertiary/aromatic N) is 6. The molecule has 10 nitrogen and oxygen atoms in total. The van der Waals surface area contributed by atoms with Crippen LogP contribution in [0.5, 0.6) is 0 Å². The Balaban J connectivity index is 1.46. The molecule has 0 bridgehead atoms. The Morgan fingerprint density at radius 3 is 2.75 bits per heavy atom. The maximum atomic E-state index is 12.4. The summed E-state index contributed by atoms with van der Waals surface area (Å²) in [5.41, 5.74) is 1.51. The van der Waals surface area contributed by atoms with E-state index in [1.807, 2.05) is 30.3 Å². The SMILES string of the molecule is Cc1cc(NC(=O)Cn2nnc(-c3ccccc3)n2)n(C2CCS(=O)(=O)C2)n1. The predicted molar refractivity (Wildman–Crippen MR) is 101 cm³/mol. The van der Waals surface area contributed by atoms with E-state index in [1.54, 1.807) is 17.7 Å². The van der Waals surface area contributed by atoms with Crippen molar-refractivity contribution in [2.75, 3.05) is 16.8 Å². The van der Waals surface area contributed by atoms with E-state index in [2.05, 4.69) is 25.8 Å². The first kappa shape index (κ1) is 18.3. The van der Waals surface area contributed by atoms with Crippen LogP contribution >= 0.6 is 0 Å². The van der Waals surface area contributed by atoms with E-state index in [0.717, 1.165) is 5.56 Å². The number of amides is 1. The molecule has 3 aromatic rings. The molecule has 28 heavy (non-hydrogen) atoms. The lowest BCUT2D eigenvalue weighted by Crippen LogP contribution is -2.23. The number of aromatic nitrogens is 6. The van der Waals surface area contributed by atoms with Gasteiger partial charge in [-0.25, -0.2) is 13.1 Å². The first-order valence-corrected chi connectivity index (χ1v) is 10.6. The fourth-order valence-electron chi connectivity index (χ4n) is 3.18. The number of nitrogens with one attached hydrogen (secondary N) is 1. The molecule has 0 saturated carbocycles. The highest BCUT2D eigenvalue weighted by Crippen LogP contribution is 2.27. The van der Waals surface area contributed by atoms with Crippen molar-refractivity contribution < 1.29 is 13.2 Å². The van der Waals surface area contributed by atoms with Crippen molar-refractivity contribution in [2.24, 2.45) is 0 Å². The first-order valence-electron chi connectivity index (χ1n) is 8.79. The van der Waals surface area contributed by atoms with Gasteiger partial charge in [0.1, 0.15) is 12.4 Å². The van der Waals surface area contributed by atoms with Crippen LogP contribution in [0.25, 0.3) is 11.4 Å². The minimum atomic E-state index is -3.06. The van der Waals surface area contributed by atoms with Gasteiger partial charge in [-0.1, -0.05) is 30.3 Å². The fraction of sp³-hybridized carbons (Fsp3) is 0.353. The molecular formula is C17H19N7O3S. The van der Waals surface area contributed by atoms with E-state index in [1.165, 1.54) is 4.80 Å². The zero-order chi connectivity index (χ0) is 19.7. The quantitative estimate of drug-likeness (QED) is 0.672. The van der Waals surface area contributed by atoms with Gasteiger partial charge in [0.05, 0.1) is 23.2 Å². The van der Waals surface area contributed by atoms with Crippen LogP contribution in [-0.2, 0) is 21.2 Å². The summed E-state index contributed by atoms with van der Waals surface area (Å²) in [7, 11) is -3.06. The van der Waals surface area contributed by atoms with Gasteiger partial charge in [-0.15, -0.1) is 10.2 Å². The van der Waals surface area contributed by atoms with Gasteiger partial charge in [0, 0.05) is 11.6 Å². The standard InChI is InChI=1S/C17H19N7O3S/c1-12-9-15(24(20-12)14-7-8-28(26,27)11-14)18-16(25)10-23-21-17(19-22-23)13-5-3-2-4-6-13/h2-6,9,14H,7-8,10-11H2,1H3,(H,18,25). The predicted octanol–water partition coefficient (Wildman–Crippen LogP) is 0.843. The molecule has 4 rings (SSSR count). The zero-order valence-corrected chi connectivity index (χ0v) is 16.0. The summed E-state index contributed by atoms with van der Waals surface area (Å²) in [5, 5.41) is 19.2. The van der Waals surface area contributed by atoms with Gasteiger partial charge in [-0.2, -0.15) is 9.90 Å². The topological polar surface area (TPSA) is 125 Å². The second kappa shape index (κ2) is 7.15. The van der Waals surface area contributed by atoms with Gasteiger partial charge in [0.25, 0.3) is 0 Å². The molecule has 1 atom stereocenters. The fourth-order valence-corrected chi connectivity index (χ4v) is 4.87. The maximum absolute atomic E-state index is 12.4. The van der Waals surface area contributed by atoms with Gasteiger partial charge < -0.3 is 5.32 Å². The van der Waals surface area contributed by atoms with E-state index in [9.17, 15) is 13.2 Å². The van der Waals surface area contributed by atoms with E-state index in [0.29, 0.717) is 23.8 Å². The molecule has 0 radical (unpaired) electrons. The lowest BCUT2D eigenvalue weighted by atomic mass is 10.2. The highest BCUT2D eigenvalue weighted by Gasteiger charge is 2.31. The van der Waals surface area contributed by atoms with Crippen LogP contribution in [0.3, 0.4) is 0 Å². The van der Waals surface area contributed by atoms with Crippen molar-refractivity contribution in [3.63, 3.8) is 0 Å². The van der Waals surface area contributed by atoms with Crippen LogP contribution in [0.2, 0.25) is 0 Å². The summed E-state index contributed by atoms with van der Waals surface area (Å²) in [6.45, 7) is 1.67. The van der Waals surface area contributed by atoms with E-state index in [4.69, 9.17) is 0 Å². The highest BCUT2D eigenvalue weighted by molar-refractivity contribution is 7.91. The number of anilines is 1. The third kappa shape index (κ3) is 3.93. The summed E-state index contributed by atoms with van der Waals surface area (Å²) in [4.78, 5) is 13.6. The summed E-state index contributed by atoms with van der Waals surface area (Å²) >= 11 is 0. The molecule has 11 heteroatoms. The molecule has 1 amide bonds. The Hall–Kier alpha value is -3.08. The Bertz CT molecular complexity index is 1100. The molecule has 0 spiro atoms. The second-order valence-electron chi connectivity index (χ2n) is 6.73. The molecule has 1 saturated heterocycles. The summed E-state index contributed by atoms with van der Waals surface area (Å²) in [6.07, 6.45) is 0.484. The number of tetrazole rings is 1. The van der Waals surface area contributed by atoms with E-state index >= 15 is 0 Å². The van der Waals surface area contributed by atoms with Crippen molar-refractivity contribution in [2.45, 2.75) is 25.9 Å². The molecule has 1 N–H and O–H groups in total. The first-order chi connectivity index (χ1) is 13.4. The molecule has 2 aromatic heterocycles. The van der Waals surface area contributed by atoms with Crippen LogP contribution < -0.4 is 5.32 Å². The summed E-state index contributed by atoms with van der Waals surface area (Å²) in [5.74, 6) is 0.717. The second-order valence-corrected chi connectivity index (χ2v) is 8.96. The number of sulfone groups is 1. The van der Waals surface area contributed by atoms with Crippen molar-refractivity contribution >= 4 is 21.6 Å². The third-order valence-electron chi connectivity index (χ3n) is 4.45. The van der Waals surface area contributed by atoms with Crippen LogP contribution in [0.1, 0.15) is 18.2 Å². The number of carbonyl (C=O) groups excluding carboxylic acids is 1. The smallest absolute Gasteiger partial charge is 0.249 e. The molecule has 1 aliphatic rings. The minimum absolute atomic E-state index is 0.0298. The number of hydrogen-bond acceptors (Lipinski definition) is 7. The summed E-state index contributed by atoms with van der Waals surface area (Å²) < 4.78 is 25.1. The van der Waals surface area contributed by atoms with Gasteiger partial charge in [-0.3, -0.25) is 4.79 Å². The Kier molecular flexibility index (Phi) is 4.67. The van der Waals surface area contributed by atoms with Gasteiger partial charge in [0.2, 0.25) is 11.7 Å². The Labute approximate surface area is 161 Å². The molecular weight excluding hydrogens is 382 g/mol. The van der Waals surface area contributed by atoms with Gasteiger partial charge in [0.15, 0.2) is 9.84 Å². The van der Waals surface area contributed by atoms with Crippen molar-refractivity contribution in [3.05, 3.63) is 42.1 Å². The monoisotopic (exact) mass is 401 g/mol. The third-order valence-corrected chi connectivity index (χ3v) is 6.20. The molecule has 3 heterocycles. The van der Waals surface area contributed by atoms with E-state index in [-0.39, 0.29) is 30.0 Å². The minimum Gasteiger partial charge on any atom is -0.309 e. The van der Waals surface area contributed by atoms with Crippen molar-refractivity contribution in [3.8, 4) is 11.4 Å². The zero-order valence-electron chi connectivity index (χ0n) is 15.2. The number of carbonyl (C=O) groups is 1. The largest absolute Gasteiger partial charge is 0.309 e. The number of aryl methyl sites for hydroxylation is 1. The Morgan fingerprint density at radius 2 is 2.04 bits per heavy atom. The molecule has 146 valence electrons. The van der Waals surface area contributed by atoms with Crippen LogP contribution in [0.4, 0.5) is 5.82 Å². The number of rotatable bonds is 5. The van der Waals surface area contributed by atoms with Crippen molar-refractivity contribution in [1.29, 1.82) is 0 Å². The highest BCUT2D eigenvalue weighted by atomic mass is 32.2. The summed E-state index contributed by atoms with van der Waals surface area (Å²) in [6, 6.07) is 10.8. The average Bonchev–Trinajstić information content (AvgIpc) is 3.35. The molecule has 0 aliphatic carbocycles.